The second-order valence-electron chi connectivity index (χ2n) is 6.70. The highest BCUT2D eigenvalue weighted by molar-refractivity contribution is 5.95. The molecule has 3 atom stereocenters. The third kappa shape index (κ3) is 2.31. The molecule has 2 aromatic rings. The fraction of sp³-hybridized carbons (Fsp3) is 0.500. The molecule has 1 saturated carbocycles. The molecular weight excluding hydrogens is 317 g/mol. The first-order valence-electron chi connectivity index (χ1n) is 8.19. The van der Waals surface area contributed by atoms with Gasteiger partial charge in [-0.25, -0.2) is 4.98 Å². The number of anilines is 1. The van der Waals surface area contributed by atoms with Gasteiger partial charge in [0.25, 0.3) is 0 Å². The zero-order valence-corrected chi connectivity index (χ0v) is 13.6. The Labute approximate surface area is 138 Å². The summed E-state index contributed by atoms with van der Waals surface area (Å²) in [7, 11) is 1.58. The van der Waals surface area contributed by atoms with Gasteiger partial charge >= 0.3 is 6.18 Å². The zero-order valence-electron chi connectivity index (χ0n) is 13.6. The Kier molecular flexibility index (Phi) is 3.41. The van der Waals surface area contributed by atoms with Crippen LogP contribution in [0, 0.1) is 18.8 Å². The van der Waals surface area contributed by atoms with Crippen molar-refractivity contribution in [2.24, 2.45) is 11.8 Å². The van der Waals surface area contributed by atoms with E-state index >= 15 is 0 Å². The van der Waals surface area contributed by atoms with Gasteiger partial charge in [0.05, 0.1) is 13.0 Å². The van der Waals surface area contributed by atoms with Crippen LogP contribution in [0.1, 0.15) is 18.5 Å². The van der Waals surface area contributed by atoms with Crippen molar-refractivity contribution in [1.29, 1.82) is 0 Å². The van der Waals surface area contributed by atoms with Gasteiger partial charge in [0, 0.05) is 29.4 Å². The number of aryl methyl sites for hydroxylation is 1. The molecule has 24 heavy (non-hydrogen) atoms. The number of nitrogens with zero attached hydrogens (tertiary/aromatic N) is 2. The molecule has 1 aromatic heterocycles. The van der Waals surface area contributed by atoms with Crippen molar-refractivity contribution in [3.05, 3.63) is 30.0 Å². The molecule has 1 aliphatic carbocycles. The van der Waals surface area contributed by atoms with Crippen LogP contribution in [0.5, 0.6) is 5.75 Å². The van der Waals surface area contributed by atoms with Gasteiger partial charge < -0.3 is 9.64 Å². The van der Waals surface area contributed by atoms with Crippen molar-refractivity contribution < 1.29 is 17.9 Å². The largest absolute Gasteiger partial charge is 0.494 e. The maximum Gasteiger partial charge on any atom is 0.394 e. The predicted octanol–water partition coefficient (Wildman–Crippen LogP) is 4.33. The quantitative estimate of drug-likeness (QED) is 0.816. The summed E-state index contributed by atoms with van der Waals surface area (Å²) in [5.41, 5.74) is 2.34. The molecule has 1 saturated heterocycles. The summed E-state index contributed by atoms with van der Waals surface area (Å²) in [5.74, 6) is -0.823. The molecule has 0 N–H and O–H groups in total. The van der Waals surface area contributed by atoms with Gasteiger partial charge in [0.15, 0.2) is 0 Å². The van der Waals surface area contributed by atoms with E-state index in [0.717, 1.165) is 23.2 Å². The van der Waals surface area contributed by atoms with Crippen LogP contribution in [0.2, 0.25) is 0 Å². The van der Waals surface area contributed by atoms with Gasteiger partial charge in [0.2, 0.25) is 0 Å². The number of pyridine rings is 1. The maximum absolute atomic E-state index is 13.3. The first-order chi connectivity index (χ1) is 11.4. The highest BCUT2D eigenvalue weighted by Gasteiger charge is 2.67. The average Bonchev–Trinajstić information content (AvgIpc) is 3.28. The molecule has 2 aliphatic rings. The average molecular weight is 336 g/mol. The number of ether oxygens (including phenoxy) is 1. The topological polar surface area (TPSA) is 25.4 Å². The molecule has 128 valence electrons. The smallest absolute Gasteiger partial charge is 0.394 e. The van der Waals surface area contributed by atoms with Crippen molar-refractivity contribution in [1.82, 2.24) is 4.98 Å². The monoisotopic (exact) mass is 336 g/mol. The van der Waals surface area contributed by atoms with Crippen molar-refractivity contribution in [2.75, 3.05) is 18.6 Å². The minimum absolute atomic E-state index is 0.270. The van der Waals surface area contributed by atoms with E-state index in [4.69, 9.17) is 4.74 Å². The van der Waals surface area contributed by atoms with Crippen LogP contribution < -0.4 is 9.64 Å². The van der Waals surface area contributed by atoms with Gasteiger partial charge in [-0.3, -0.25) is 0 Å². The Morgan fingerprint density at radius 1 is 1.29 bits per heavy atom. The SMILES string of the molecule is COc1cccc2c(N3CCCC4C3C4C(F)(F)F)cc(C)nc12. The number of fused-ring (bicyclic) bond motifs is 2. The molecule has 0 bridgehead atoms. The minimum Gasteiger partial charge on any atom is -0.494 e. The van der Waals surface area contributed by atoms with Gasteiger partial charge in [-0.2, -0.15) is 13.2 Å². The molecule has 3 unspecified atom stereocenters. The molecular formula is C18H19F3N2O. The minimum atomic E-state index is -4.12. The lowest BCUT2D eigenvalue weighted by molar-refractivity contribution is -0.151. The fourth-order valence-electron chi connectivity index (χ4n) is 4.23. The van der Waals surface area contributed by atoms with Crippen LogP contribution in [-0.2, 0) is 0 Å². The number of hydrogen-bond donors (Lipinski definition) is 0. The highest BCUT2D eigenvalue weighted by Crippen LogP contribution is 2.58. The van der Waals surface area contributed by atoms with E-state index in [9.17, 15) is 13.2 Å². The first kappa shape index (κ1) is 15.5. The second-order valence-corrected chi connectivity index (χ2v) is 6.70. The van der Waals surface area contributed by atoms with Crippen molar-refractivity contribution >= 4 is 16.6 Å². The normalized spacial score (nSPS) is 26.4. The van der Waals surface area contributed by atoms with E-state index in [1.165, 1.54) is 0 Å². The number of halogens is 3. The Hall–Kier alpha value is -1.98. The van der Waals surface area contributed by atoms with Crippen LogP contribution in [0.4, 0.5) is 18.9 Å². The fourth-order valence-corrected chi connectivity index (χ4v) is 4.23. The second kappa shape index (κ2) is 5.26. The number of benzene rings is 1. The molecule has 1 aromatic carbocycles. The van der Waals surface area contributed by atoms with Crippen molar-refractivity contribution in [3.63, 3.8) is 0 Å². The van der Waals surface area contributed by atoms with Crippen molar-refractivity contribution in [3.8, 4) is 5.75 Å². The summed E-state index contributed by atoms with van der Waals surface area (Å²) in [6.45, 7) is 2.52. The molecule has 0 radical (unpaired) electrons. The predicted molar refractivity (Wildman–Crippen MR) is 86.4 cm³/mol. The van der Waals surface area contributed by atoms with E-state index in [-0.39, 0.29) is 5.92 Å². The third-order valence-corrected chi connectivity index (χ3v) is 5.24. The van der Waals surface area contributed by atoms with Crippen LogP contribution in [-0.4, -0.2) is 30.9 Å². The Morgan fingerprint density at radius 3 is 2.79 bits per heavy atom. The standard InChI is InChI=1S/C18H19F3N2O/c1-10-9-13(11-5-3-7-14(24-2)16(11)22-10)23-8-4-6-12-15(17(12)23)18(19,20)21/h3,5,7,9,12,15,17H,4,6,8H2,1-2H3. The van der Waals surface area contributed by atoms with Gasteiger partial charge in [-0.15, -0.1) is 0 Å². The summed E-state index contributed by atoms with van der Waals surface area (Å²) >= 11 is 0. The van der Waals surface area contributed by atoms with E-state index in [2.05, 4.69) is 4.98 Å². The third-order valence-electron chi connectivity index (χ3n) is 5.24. The van der Waals surface area contributed by atoms with Crippen LogP contribution >= 0.6 is 0 Å². The molecule has 2 heterocycles. The number of piperidine rings is 1. The summed E-state index contributed by atoms with van der Waals surface area (Å²) in [6.07, 6.45) is -2.66. The maximum atomic E-state index is 13.3. The van der Waals surface area contributed by atoms with E-state index in [1.54, 1.807) is 7.11 Å². The summed E-state index contributed by atoms with van der Waals surface area (Å²) in [4.78, 5) is 6.48. The number of aromatic nitrogens is 1. The first-order valence-corrected chi connectivity index (χ1v) is 8.19. The molecule has 0 spiro atoms. The molecule has 3 nitrogen and oxygen atoms in total. The van der Waals surface area contributed by atoms with Gasteiger partial charge in [-0.05, 0) is 37.8 Å². The zero-order chi connectivity index (χ0) is 17.1. The molecule has 2 fully saturated rings. The number of para-hydroxylation sites is 1. The Morgan fingerprint density at radius 2 is 2.08 bits per heavy atom. The number of methoxy groups -OCH3 is 1. The van der Waals surface area contributed by atoms with Crippen LogP contribution in [0.3, 0.4) is 0 Å². The van der Waals surface area contributed by atoms with Crippen molar-refractivity contribution in [2.45, 2.75) is 32.0 Å². The summed E-state index contributed by atoms with van der Waals surface area (Å²) < 4.78 is 45.2. The molecule has 1 aliphatic heterocycles. The van der Waals surface area contributed by atoms with Gasteiger partial charge in [-0.1, -0.05) is 12.1 Å². The number of alkyl halides is 3. The lowest BCUT2D eigenvalue weighted by Crippen LogP contribution is -2.33. The molecule has 6 heteroatoms. The number of rotatable bonds is 2. The summed E-state index contributed by atoms with van der Waals surface area (Å²) in [6, 6.07) is 7.06. The van der Waals surface area contributed by atoms with E-state index < -0.39 is 18.1 Å². The lowest BCUT2D eigenvalue weighted by Gasteiger charge is -2.30. The summed E-state index contributed by atoms with van der Waals surface area (Å²) in [5, 5.41) is 0.855. The van der Waals surface area contributed by atoms with E-state index in [1.807, 2.05) is 36.1 Å². The van der Waals surface area contributed by atoms with Crippen LogP contribution in [0.15, 0.2) is 24.3 Å². The van der Waals surface area contributed by atoms with Gasteiger partial charge in [0.1, 0.15) is 11.3 Å². The lowest BCUT2D eigenvalue weighted by atomic mass is 10.1. The Balaban J connectivity index is 1.82. The van der Waals surface area contributed by atoms with Crippen LogP contribution in [0.25, 0.3) is 10.9 Å². The molecule has 4 rings (SSSR count). The Bertz CT molecular complexity index is 790. The van der Waals surface area contributed by atoms with E-state index in [0.29, 0.717) is 24.2 Å². The molecule has 0 amide bonds. The number of hydrogen-bond acceptors (Lipinski definition) is 3. The highest BCUT2D eigenvalue weighted by atomic mass is 19.4.